The molecule has 5 heteroatoms. The first kappa shape index (κ1) is 15.9. The van der Waals surface area contributed by atoms with Crippen LogP contribution in [-0.2, 0) is 13.0 Å². The Morgan fingerprint density at radius 2 is 2.00 bits per heavy atom. The molecule has 0 amide bonds. The lowest BCUT2D eigenvalue weighted by molar-refractivity contribution is 0.667. The lowest BCUT2D eigenvalue weighted by Crippen LogP contribution is -2.18. The van der Waals surface area contributed by atoms with Gasteiger partial charge in [-0.25, -0.2) is 4.98 Å². The van der Waals surface area contributed by atoms with Gasteiger partial charge in [0.25, 0.3) is 0 Å². The Morgan fingerprint density at radius 1 is 1.08 bits per heavy atom. The number of nitrogens with one attached hydrogen (secondary N) is 2. The monoisotopic (exact) mass is 350 g/mol. The average Bonchev–Trinajstić information content (AvgIpc) is 3.26. The molecule has 1 aromatic carbocycles. The highest BCUT2D eigenvalue weighted by molar-refractivity contribution is 6.31. The lowest BCUT2D eigenvalue weighted by Gasteiger charge is -2.11. The highest BCUT2D eigenvalue weighted by Gasteiger charge is 2.07. The van der Waals surface area contributed by atoms with Crippen molar-refractivity contribution in [1.82, 2.24) is 19.9 Å². The van der Waals surface area contributed by atoms with Crippen LogP contribution in [0.15, 0.2) is 67.1 Å². The molecular formula is C20H19ClN4. The van der Waals surface area contributed by atoms with Crippen molar-refractivity contribution >= 4 is 22.5 Å². The molecule has 0 saturated carbocycles. The summed E-state index contributed by atoms with van der Waals surface area (Å²) in [7, 11) is 0. The van der Waals surface area contributed by atoms with Gasteiger partial charge in [0.2, 0.25) is 0 Å². The van der Waals surface area contributed by atoms with E-state index in [-0.39, 0.29) is 0 Å². The zero-order valence-corrected chi connectivity index (χ0v) is 14.5. The predicted octanol–water partition coefficient (Wildman–Crippen LogP) is 4.34. The average molecular weight is 351 g/mol. The first-order valence-corrected chi connectivity index (χ1v) is 8.73. The van der Waals surface area contributed by atoms with Gasteiger partial charge in [0.1, 0.15) is 0 Å². The van der Waals surface area contributed by atoms with Crippen molar-refractivity contribution in [3.8, 4) is 5.69 Å². The van der Waals surface area contributed by atoms with E-state index >= 15 is 0 Å². The molecule has 0 bridgehead atoms. The minimum Gasteiger partial charge on any atom is -0.361 e. The number of hydrogen-bond donors (Lipinski definition) is 2. The van der Waals surface area contributed by atoms with Crippen molar-refractivity contribution in [3.63, 3.8) is 0 Å². The molecule has 0 atom stereocenters. The minimum atomic E-state index is 0.513. The second-order valence-corrected chi connectivity index (χ2v) is 6.33. The number of nitrogens with zero attached hydrogens (tertiary/aromatic N) is 2. The summed E-state index contributed by atoms with van der Waals surface area (Å²) in [5.74, 6) is 0. The first-order valence-electron chi connectivity index (χ1n) is 8.36. The Labute approximate surface area is 151 Å². The zero-order valence-electron chi connectivity index (χ0n) is 13.7. The number of rotatable bonds is 6. The number of aromatic nitrogens is 3. The number of H-pyrrole nitrogens is 1. The summed E-state index contributed by atoms with van der Waals surface area (Å²) >= 11 is 6.22. The molecule has 0 fully saturated rings. The van der Waals surface area contributed by atoms with Crippen molar-refractivity contribution in [2.45, 2.75) is 13.0 Å². The topological polar surface area (TPSA) is 45.6 Å². The molecule has 0 spiro atoms. The van der Waals surface area contributed by atoms with Crippen LogP contribution < -0.4 is 5.32 Å². The first-order chi connectivity index (χ1) is 12.3. The van der Waals surface area contributed by atoms with Gasteiger partial charge in [-0.15, -0.1) is 0 Å². The summed E-state index contributed by atoms with van der Waals surface area (Å²) in [4.78, 5) is 7.48. The summed E-state index contributed by atoms with van der Waals surface area (Å²) < 4.78 is 2.08. The van der Waals surface area contributed by atoms with Gasteiger partial charge < -0.3 is 14.9 Å². The van der Waals surface area contributed by atoms with E-state index in [1.165, 1.54) is 16.5 Å². The van der Waals surface area contributed by atoms with Gasteiger partial charge in [-0.2, -0.15) is 0 Å². The molecule has 3 heterocycles. The third-order valence-electron chi connectivity index (χ3n) is 4.38. The third-order valence-corrected chi connectivity index (χ3v) is 4.68. The van der Waals surface area contributed by atoms with E-state index in [0.29, 0.717) is 5.15 Å². The quantitative estimate of drug-likeness (QED) is 0.401. The van der Waals surface area contributed by atoms with Crippen molar-refractivity contribution in [1.29, 1.82) is 0 Å². The smallest absolute Gasteiger partial charge is 0.152 e. The van der Waals surface area contributed by atoms with Crippen LogP contribution in [0.5, 0.6) is 0 Å². The third kappa shape index (κ3) is 3.31. The maximum absolute atomic E-state index is 6.22. The molecular weight excluding hydrogens is 332 g/mol. The molecule has 4 nitrogen and oxygen atoms in total. The largest absolute Gasteiger partial charge is 0.361 e. The second kappa shape index (κ2) is 7.13. The van der Waals surface area contributed by atoms with Gasteiger partial charge in [-0.3, -0.25) is 0 Å². The van der Waals surface area contributed by atoms with E-state index in [1.807, 2.05) is 24.4 Å². The van der Waals surface area contributed by atoms with Gasteiger partial charge in [0, 0.05) is 41.7 Å². The number of benzene rings is 1. The Morgan fingerprint density at radius 3 is 2.92 bits per heavy atom. The van der Waals surface area contributed by atoms with Crippen LogP contribution in [0.1, 0.15) is 11.3 Å². The van der Waals surface area contributed by atoms with Crippen molar-refractivity contribution < 1.29 is 0 Å². The Hall–Kier alpha value is -2.56. The number of hydrogen-bond acceptors (Lipinski definition) is 2. The van der Waals surface area contributed by atoms with Crippen molar-refractivity contribution in [3.05, 3.63) is 83.5 Å². The SMILES string of the molecule is Clc1ncccc1-n1cccc1CNCCc1c[nH]c2ccccc12. The number of halogens is 1. The molecule has 0 saturated heterocycles. The number of pyridine rings is 1. The van der Waals surface area contributed by atoms with E-state index in [4.69, 9.17) is 11.6 Å². The van der Waals surface area contributed by atoms with Crippen LogP contribution in [0.4, 0.5) is 0 Å². The normalized spacial score (nSPS) is 11.2. The van der Waals surface area contributed by atoms with Crippen molar-refractivity contribution in [2.75, 3.05) is 6.54 Å². The summed E-state index contributed by atoms with van der Waals surface area (Å²) in [5, 5.41) is 5.34. The predicted molar refractivity (Wildman–Crippen MR) is 102 cm³/mol. The van der Waals surface area contributed by atoms with E-state index in [2.05, 4.69) is 56.4 Å². The van der Waals surface area contributed by atoms with Gasteiger partial charge >= 0.3 is 0 Å². The molecule has 0 aliphatic rings. The lowest BCUT2D eigenvalue weighted by atomic mass is 10.1. The Balaban J connectivity index is 1.40. The second-order valence-electron chi connectivity index (χ2n) is 5.97. The fourth-order valence-electron chi connectivity index (χ4n) is 3.13. The van der Waals surface area contributed by atoms with Crippen molar-refractivity contribution in [2.24, 2.45) is 0 Å². The summed E-state index contributed by atoms with van der Waals surface area (Å²) in [6.45, 7) is 1.69. The van der Waals surface area contributed by atoms with Gasteiger partial charge in [-0.1, -0.05) is 29.8 Å². The van der Waals surface area contributed by atoms with Gasteiger partial charge in [0.05, 0.1) is 5.69 Å². The summed E-state index contributed by atoms with van der Waals surface area (Å²) in [5.41, 5.74) is 4.60. The molecule has 2 N–H and O–H groups in total. The van der Waals surface area contributed by atoms with E-state index in [0.717, 1.165) is 30.9 Å². The summed E-state index contributed by atoms with van der Waals surface area (Å²) in [6, 6.07) is 16.4. The molecule has 3 aromatic heterocycles. The standard InChI is InChI=1S/C20H19ClN4/c21-20-19(8-3-10-23-20)25-12-4-5-16(25)14-22-11-9-15-13-24-18-7-2-1-6-17(15)18/h1-8,10,12-13,22,24H,9,11,14H2. The molecule has 0 radical (unpaired) electrons. The number of aromatic amines is 1. The fraction of sp³-hybridized carbons (Fsp3) is 0.150. The van der Waals surface area contributed by atoms with Crippen LogP contribution in [0.25, 0.3) is 16.6 Å². The Kier molecular flexibility index (Phi) is 4.55. The minimum absolute atomic E-state index is 0.513. The molecule has 25 heavy (non-hydrogen) atoms. The maximum Gasteiger partial charge on any atom is 0.152 e. The van der Waals surface area contributed by atoms with Crippen LogP contribution in [-0.4, -0.2) is 21.1 Å². The number of para-hydroxylation sites is 1. The fourth-order valence-corrected chi connectivity index (χ4v) is 3.34. The van der Waals surface area contributed by atoms with Crippen LogP contribution >= 0.6 is 11.6 Å². The van der Waals surface area contributed by atoms with Crippen LogP contribution in [0, 0.1) is 0 Å². The molecule has 0 aliphatic carbocycles. The number of fused-ring (bicyclic) bond motifs is 1. The highest BCUT2D eigenvalue weighted by Crippen LogP contribution is 2.20. The van der Waals surface area contributed by atoms with Gasteiger partial charge in [0.15, 0.2) is 5.15 Å². The molecule has 0 unspecified atom stereocenters. The van der Waals surface area contributed by atoms with Gasteiger partial charge in [-0.05, 0) is 48.9 Å². The van der Waals surface area contributed by atoms with Crippen LogP contribution in [0.3, 0.4) is 0 Å². The molecule has 4 aromatic rings. The molecule has 4 rings (SSSR count). The van der Waals surface area contributed by atoms with E-state index in [1.54, 1.807) is 6.20 Å². The van der Waals surface area contributed by atoms with E-state index in [9.17, 15) is 0 Å². The molecule has 126 valence electrons. The maximum atomic E-state index is 6.22. The highest BCUT2D eigenvalue weighted by atomic mass is 35.5. The zero-order chi connectivity index (χ0) is 17.1. The summed E-state index contributed by atoms with van der Waals surface area (Å²) in [6.07, 6.45) is 6.80. The Bertz CT molecular complexity index is 986. The van der Waals surface area contributed by atoms with E-state index < -0.39 is 0 Å². The van der Waals surface area contributed by atoms with Crippen LogP contribution in [0.2, 0.25) is 5.15 Å². The molecule has 0 aliphatic heterocycles.